The van der Waals surface area contributed by atoms with Gasteiger partial charge in [0.15, 0.2) is 0 Å². The number of aliphatic hydroxyl groups is 1. The molecular weight excluding hydrogens is 214 g/mol. The van der Waals surface area contributed by atoms with E-state index in [4.69, 9.17) is 15.3 Å². The zero-order chi connectivity index (χ0) is 13.1. The van der Waals surface area contributed by atoms with Crippen LogP contribution >= 0.6 is 0 Å². The molecule has 3 nitrogen and oxygen atoms in total. The number of aliphatic hydroxyl groups excluding tert-OH is 1. The van der Waals surface area contributed by atoms with E-state index in [1.165, 1.54) is 11.6 Å². The smallest absolute Gasteiger partial charge is 0.0886 e. The van der Waals surface area contributed by atoms with E-state index in [1.54, 1.807) is 0 Å². The molecule has 0 radical (unpaired) electrons. The number of hydrogen-bond acceptors (Lipinski definition) is 3. The van der Waals surface area contributed by atoms with Crippen molar-refractivity contribution in [1.82, 2.24) is 0 Å². The van der Waals surface area contributed by atoms with Crippen LogP contribution in [0.3, 0.4) is 0 Å². The zero-order valence-corrected chi connectivity index (χ0v) is 10.6. The van der Waals surface area contributed by atoms with Crippen molar-refractivity contribution in [2.24, 2.45) is 0 Å². The van der Waals surface area contributed by atoms with Crippen LogP contribution in [0.4, 0.5) is 0 Å². The van der Waals surface area contributed by atoms with Crippen molar-refractivity contribution in [3.8, 4) is 0 Å². The van der Waals surface area contributed by atoms with Gasteiger partial charge in [-0.3, -0.25) is 0 Å². The largest absolute Gasteiger partial charge is 0.392 e. The van der Waals surface area contributed by atoms with Crippen LogP contribution in [0.1, 0.15) is 18.1 Å². The molecule has 17 heavy (non-hydrogen) atoms. The third kappa shape index (κ3) is 7.44. The fraction of sp³-hybridized carbons (Fsp3) is 0.357. The van der Waals surface area contributed by atoms with Gasteiger partial charge in [0.2, 0.25) is 0 Å². The van der Waals surface area contributed by atoms with Crippen molar-refractivity contribution in [2.75, 3.05) is 19.8 Å². The molecule has 1 aromatic carbocycles. The summed E-state index contributed by atoms with van der Waals surface area (Å²) >= 11 is 0. The van der Waals surface area contributed by atoms with Crippen molar-refractivity contribution < 1.29 is 9.84 Å². The highest BCUT2D eigenvalue weighted by Crippen LogP contribution is 2.03. The Morgan fingerprint density at radius 2 is 1.94 bits per heavy atom. The van der Waals surface area contributed by atoms with Crippen molar-refractivity contribution in [1.29, 1.82) is 5.41 Å². The average Bonchev–Trinajstić information content (AvgIpc) is 2.37. The van der Waals surface area contributed by atoms with E-state index in [-0.39, 0.29) is 6.61 Å². The molecule has 1 rings (SSSR count). The van der Waals surface area contributed by atoms with E-state index in [2.05, 4.69) is 6.58 Å². The van der Waals surface area contributed by atoms with Crippen LogP contribution in [0.5, 0.6) is 0 Å². The Morgan fingerprint density at radius 3 is 2.35 bits per heavy atom. The van der Waals surface area contributed by atoms with E-state index in [0.29, 0.717) is 18.9 Å². The number of hydrogen-bond donors (Lipinski definition) is 2. The quantitative estimate of drug-likeness (QED) is 0.608. The second kappa shape index (κ2) is 9.75. The molecule has 94 valence electrons. The lowest BCUT2D eigenvalue weighted by Crippen LogP contribution is -2.08. The minimum Gasteiger partial charge on any atom is -0.392 e. The number of nitrogens with one attached hydrogen (secondary N) is 1. The normalized spacial score (nSPS) is 9.12. The van der Waals surface area contributed by atoms with E-state index in [9.17, 15) is 0 Å². The third-order valence-corrected chi connectivity index (χ3v) is 1.98. The minimum absolute atomic E-state index is 0.0833. The van der Waals surface area contributed by atoms with Crippen molar-refractivity contribution in [3.05, 3.63) is 48.0 Å². The van der Waals surface area contributed by atoms with Gasteiger partial charge in [0.05, 0.1) is 18.9 Å². The fourth-order valence-corrected chi connectivity index (χ4v) is 1.04. The Bertz CT molecular complexity index is 331. The molecule has 0 saturated carbocycles. The summed E-state index contributed by atoms with van der Waals surface area (Å²) in [4.78, 5) is 0. The SMILES string of the molecule is C=CCO.CCOCC(=N)c1ccc(C)cc1. The van der Waals surface area contributed by atoms with Gasteiger partial charge >= 0.3 is 0 Å². The van der Waals surface area contributed by atoms with E-state index >= 15 is 0 Å². The standard InChI is InChI=1S/C11H15NO.C3H6O/c1-3-13-8-11(12)10-6-4-9(2)5-7-10;1-2-3-4/h4-7,12H,3,8H2,1-2H3;2,4H,1,3H2. The first-order chi connectivity index (χ1) is 8.15. The minimum atomic E-state index is 0.0833. The topological polar surface area (TPSA) is 53.3 Å². The van der Waals surface area contributed by atoms with Crippen molar-refractivity contribution in [2.45, 2.75) is 13.8 Å². The van der Waals surface area contributed by atoms with Gasteiger partial charge in [-0.1, -0.05) is 35.9 Å². The summed E-state index contributed by atoms with van der Waals surface area (Å²) in [6, 6.07) is 7.93. The molecule has 0 heterocycles. The summed E-state index contributed by atoms with van der Waals surface area (Å²) in [5.41, 5.74) is 2.70. The Balaban J connectivity index is 0.000000557. The lowest BCUT2D eigenvalue weighted by atomic mass is 10.1. The van der Waals surface area contributed by atoms with Crippen LogP contribution in [0.15, 0.2) is 36.9 Å². The Labute approximate surface area is 103 Å². The van der Waals surface area contributed by atoms with Crippen LogP contribution in [0, 0.1) is 12.3 Å². The summed E-state index contributed by atoms with van der Waals surface area (Å²) < 4.78 is 5.16. The highest BCUT2D eigenvalue weighted by molar-refractivity contribution is 5.99. The molecule has 0 aliphatic carbocycles. The first kappa shape index (κ1) is 15.6. The molecule has 0 bridgehead atoms. The Morgan fingerprint density at radius 1 is 1.41 bits per heavy atom. The summed E-state index contributed by atoms with van der Waals surface area (Å²) in [6.07, 6.45) is 1.43. The predicted molar refractivity (Wildman–Crippen MR) is 71.8 cm³/mol. The van der Waals surface area contributed by atoms with Crippen LogP contribution in [-0.4, -0.2) is 30.6 Å². The highest BCUT2D eigenvalue weighted by atomic mass is 16.5. The lowest BCUT2D eigenvalue weighted by Gasteiger charge is -2.04. The second-order valence-corrected chi connectivity index (χ2v) is 3.45. The molecule has 3 heteroatoms. The molecule has 0 saturated heterocycles. The number of benzene rings is 1. The average molecular weight is 235 g/mol. The molecule has 1 aromatic rings. The number of ether oxygens (including phenoxy) is 1. The maximum absolute atomic E-state index is 7.76. The predicted octanol–water partition coefficient (Wildman–Crippen LogP) is 2.56. The van der Waals surface area contributed by atoms with Gasteiger partial charge in [0.1, 0.15) is 0 Å². The van der Waals surface area contributed by atoms with Gasteiger partial charge < -0.3 is 15.3 Å². The molecule has 0 aromatic heterocycles. The van der Waals surface area contributed by atoms with Crippen LogP contribution < -0.4 is 0 Å². The second-order valence-electron chi connectivity index (χ2n) is 3.45. The van der Waals surface area contributed by atoms with Gasteiger partial charge in [-0.15, -0.1) is 6.58 Å². The molecule has 0 unspecified atom stereocenters. The molecule has 2 N–H and O–H groups in total. The summed E-state index contributed by atoms with van der Waals surface area (Å²) in [5.74, 6) is 0. The summed E-state index contributed by atoms with van der Waals surface area (Å²) in [7, 11) is 0. The molecule has 0 fully saturated rings. The van der Waals surface area contributed by atoms with Gasteiger partial charge in [-0.25, -0.2) is 0 Å². The first-order valence-electron chi connectivity index (χ1n) is 5.59. The van der Waals surface area contributed by atoms with E-state index in [0.717, 1.165) is 5.56 Å². The number of rotatable bonds is 5. The summed E-state index contributed by atoms with van der Waals surface area (Å²) in [6.45, 7) is 8.35. The highest BCUT2D eigenvalue weighted by Gasteiger charge is 1.99. The fourth-order valence-electron chi connectivity index (χ4n) is 1.04. The van der Waals surface area contributed by atoms with Crippen molar-refractivity contribution in [3.63, 3.8) is 0 Å². The first-order valence-corrected chi connectivity index (χ1v) is 5.59. The van der Waals surface area contributed by atoms with Crippen LogP contribution in [0.25, 0.3) is 0 Å². The van der Waals surface area contributed by atoms with Gasteiger partial charge in [0, 0.05) is 6.61 Å². The van der Waals surface area contributed by atoms with Crippen molar-refractivity contribution >= 4 is 5.71 Å². The maximum atomic E-state index is 7.76. The van der Waals surface area contributed by atoms with Gasteiger partial charge in [-0.05, 0) is 19.4 Å². The Hall–Kier alpha value is -1.45. The molecule has 0 aliphatic heterocycles. The van der Waals surface area contributed by atoms with E-state index in [1.807, 2.05) is 38.1 Å². The van der Waals surface area contributed by atoms with Gasteiger partial charge in [-0.2, -0.15) is 0 Å². The lowest BCUT2D eigenvalue weighted by molar-refractivity contribution is 0.187. The van der Waals surface area contributed by atoms with Gasteiger partial charge in [0.25, 0.3) is 0 Å². The zero-order valence-electron chi connectivity index (χ0n) is 10.6. The summed E-state index contributed by atoms with van der Waals surface area (Å²) in [5, 5.41) is 15.4. The van der Waals surface area contributed by atoms with E-state index < -0.39 is 0 Å². The monoisotopic (exact) mass is 235 g/mol. The van der Waals surface area contributed by atoms with Crippen LogP contribution in [0.2, 0.25) is 0 Å². The number of aryl methyl sites for hydroxylation is 1. The Kier molecular flexibility index (Phi) is 8.92. The molecular formula is C14H21NO2. The third-order valence-electron chi connectivity index (χ3n) is 1.98. The molecule has 0 amide bonds. The maximum Gasteiger partial charge on any atom is 0.0886 e. The molecule has 0 spiro atoms. The molecule has 0 atom stereocenters. The molecule has 0 aliphatic rings. The van der Waals surface area contributed by atoms with Crippen LogP contribution in [-0.2, 0) is 4.74 Å².